The fraction of sp³-hybridized carbons (Fsp3) is 0.208. The molecule has 1 aliphatic rings. The van der Waals surface area contributed by atoms with E-state index in [4.69, 9.17) is 23.2 Å². The topological polar surface area (TPSA) is 123 Å². The van der Waals surface area contributed by atoms with Crippen LogP contribution in [0, 0.1) is 13.8 Å². The van der Waals surface area contributed by atoms with Crippen LogP contribution in [0.25, 0.3) is 34.4 Å². The molecule has 5 aromatic rings. The summed E-state index contributed by atoms with van der Waals surface area (Å²) in [6.07, 6.45) is 0. The molecule has 2 aromatic carbocycles. The fourth-order valence-electron chi connectivity index (χ4n) is 3.83. The zero-order chi connectivity index (χ0) is 23.9. The monoisotopic (exact) mass is 472 g/mol. The highest BCUT2D eigenvalue weighted by Crippen LogP contribution is 2.36. The van der Waals surface area contributed by atoms with Crippen molar-refractivity contribution in [3.63, 3.8) is 0 Å². The van der Waals surface area contributed by atoms with E-state index >= 15 is 0 Å². The lowest BCUT2D eigenvalue weighted by Crippen LogP contribution is -2.05. The number of para-hydroxylation sites is 1. The second kappa shape index (κ2) is 8.28. The first-order valence-electron chi connectivity index (χ1n) is 10.8. The number of oxazole rings is 1. The third kappa shape index (κ3) is 3.66. The van der Waals surface area contributed by atoms with Crippen LogP contribution in [0.15, 0.2) is 51.4 Å². The van der Waals surface area contributed by atoms with E-state index in [0.717, 1.165) is 22.5 Å². The van der Waals surface area contributed by atoms with Gasteiger partial charge in [-0.2, -0.15) is 4.98 Å². The Morgan fingerprint density at radius 2 is 1.86 bits per heavy atom. The molecule has 0 radical (unpaired) electrons. The Bertz CT molecular complexity index is 1540. The molecule has 0 N–H and O–H groups in total. The second-order valence-corrected chi connectivity index (χ2v) is 7.89. The summed E-state index contributed by atoms with van der Waals surface area (Å²) in [6.45, 7) is 4.32. The first kappa shape index (κ1) is 20.9. The molecule has 6 rings (SSSR count). The Morgan fingerprint density at radius 1 is 1.00 bits per heavy atom. The Hall–Kier alpha value is -4.67. The van der Waals surface area contributed by atoms with Gasteiger partial charge >= 0.3 is 0 Å². The van der Waals surface area contributed by atoms with Crippen molar-refractivity contribution in [2.24, 2.45) is 0 Å². The summed E-state index contributed by atoms with van der Waals surface area (Å²) in [7, 11) is 1.62. The molecule has 0 aliphatic carbocycles. The molecule has 0 bridgehead atoms. The van der Waals surface area contributed by atoms with Gasteiger partial charge in [0.05, 0.1) is 24.9 Å². The van der Waals surface area contributed by atoms with Crippen molar-refractivity contribution in [2.45, 2.75) is 20.4 Å². The SMILES string of the molecule is COc1ccccc1-c1nc(Cn2nnc(-c3nc(-c4ccc5c(c4)OCO5)no3)c2C)c(C)o1. The van der Waals surface area contributed by atoms with Crippen molar-refractivity contribution in [2.75, 3.05) is 13.9 Å². The van der Waals surface area contributed by atoms with E-state index in [-0.39, 0.29) is 12.7 Å². The van der Waals surface area contributed by atoms with Gasteiger partial charge in [0.25, 0.3) is 5.89 Å². The minimum atomic E-state index is 0.198. The summed E-state index contributed by atoms with van der Waals surface area (Å²) in [6, 6.07) is 13.0. The van der Waals surface area contributed by atoms with E-state index in [1.165, 1.54) is 0 Å². The normalized spacial score (nSPS) is 12.3. The molecular weight excluding hydrogens is 452 g/mol. The summed E-state index contributed by atoms with van der Waals surface area (Å²) < 4.78 is 29.3. The maximum Gasteiger partial charge on any atom is 0.280 e. The van der Waals surface area contributed by atoms with Gasteiger partial charge in [0, 0.05) is 5.56 Å². The Morgan fingerprint density at radius 3 is 2.74 bits per heavy atom. The van der Waals surface area contributed by atoms with Gasteiger partial charge in [0.15, 0.2) is 17.2 Å². The van der Waals surface area contributed by atoms with Crippen LogP contribution < -0.4 is 14.2 Å². The fourth-order valence-corrected chi connectivity index (χ4v) is 3.83. The summed E-state index contributed by atoms with van der Waals surface area (Å²) in [4.78, 5) is 9.17. The highest BCUT2D eigenvalue weighted by molar-refractivity contribution is 5.64. The van der Waals surface area contributed by atoms with Crippen LogP contribution in [0.1, 0.15) is 17.1 Å². The van der Waals surface area contributed by atoms with Crippen LogP contribution in [0.2, 0.25) is 0 Å². The lowest BCUT2D eigenvalue weighted by Gasteiger charge is -2.03. The molecule has 0 unspecified atom stereocenters. The van der Waals surface area contributed by atoms with E-state index in [0.29, 0.717) is 47.0 Å². The van der Waals surface area contributed by atoms with Gasteiger partial charge in [-0.15, -0.1) is 5.10 Å². The third-order valence-electron chi connectivity index (χ3n) is 5.77. The number of hydrogen-bond acceptors (Lipinski definition) is 10. The molecule has 0 saturated heterocycles. The number of fused-ring (bicyclic) bond motifs is 1. The van der Waals surface area contributed by atoms with Gasteiger partial charge in [-0.1, -0.05) is 22.5 Å². The zero-order valence-corrected chi connectivity index (χ0v) is 19.2. The van der Waals surface area contributed by atoms with E-state index in [1.807, 2.05) is 56.3 Å². The summed E-state index contributed by atoms with van der Waals surface area (Å²) in [5.41, 5.74) is 3.51. The molecule has 0 amide bonds. The summed E-state index contributed by atoms with van der Waals surface area (Å²) in [5, 5.41) is 12.6. The molecule has 11 nitrogen and oxygen atoms in total. The highest BCUT2D eigenvalue weighted by Gasteiger charge is 2.22. The maximum absolute atomic E-state index is 5.92. The smallest absolute Gasteiger partial charge is 0.280 e. The van der Waals surface area contributed by atoms with Gasteiger partial charge in [0.1, 0.15) is 17.2 Å². The van der Waals surface area contributed by atoms with E-state index in [1.54, 1.807) is 11.8 Å². The van der Waals surface area contributed by atoms with Gasteiger partial charge in [-0.25, -0.2) is 9.67 Å². The minimum absolute atomic E-state index is 0.198. The number of rotatable bonds is 6. The second-order valence-electron chi connectivity index (χ2n) is 7.89. The van der Waals surface area contributed by atoms with Gasteiger partial charge < -0.3 is 23.2 Å². The maximum atomic E-state index is 5.92. The molecule has 4 heterocycles. The third-order valence-corrected chi connectivity index (χ3v) is 5.77. The molecule has 0 spiro atoms. The standard InChI is InChI=1S/C24H20N6O5/c1-13-21(24-26-22(28-35-24)15-8-9-19-20(10-15)33-12-32-19)27-29-30(13)11-17-14(2)34-23(25-17)16-6-4-5-7-18(16)31-3/h4-10H,11-12H2,1-3H3. The van der Waals surface area contributed by atoms with E-state index in [9.17, 15) is 0 Å². The van der Waals surface area contributed by atoms with E-state index in [2.05, 4.69) is 25.4 Å². The van der Waals surface area contributed by atoms with Crippen LogP contribution in [0.4, 0.5) is 0 Å². The molecule has 0 saturated carbocycles. The summed E-state index contributed by atoms with van der Waals surface area (Å²) >= 11 is 0. The number of hydrogen-bond donors (Lipinski definition) is 0. The van der Waals surface area contributed by atoms with Crippen LogP contribution in [-0.4, -0.2) is 44.0 Å². The van der Waals surface area contributed by atoms with Crippen molar-refractivity contribution < 1.29 is 23.2 Å². The van der Waals surface area contributed by atoms with Crippen LogP contribution in [0.5, 0.6) is 17.2 Å². The minimum Gasteiger partial charge on any atom is -0.496 e. The molecule has 1 aliphatic heterocycles. The number of ether oxygens (including phenoxy) is 3. The van der Waals surface area contributed by atoms with Crippen molar-refractivity contribution in [3.8, 4) is 51.7 Å². The number of aromatic nitrogens is 6. The number of nitrogens with zero attached hydrogens (tertiary/aromatic N) is 6. The van der Waals surface area contributed by atoms with Crippen molar-refractivity contribution in [3.05, 3.63) is 59.6 Å². The molecule has 176 valence electrons. The Labute approximate surface area is 199 Å². The largest absolute Gasteiger partial charge is 0.496 e. The molecular formula is C24H20N6O5. The average Bonchev–Trinajstić information content (AvgIpc) is 3.67. The molecule has 0 fully saturated rings. The van der Waals surface area contributed by atoms with Crippen molar-refractivity contribution in [1.82, 2.24) is 30.1 Å². The molecule has 11 heteroatoms. The first-order chi connectivity index (χ1) is 17.1. The predicted octanol–water partition coefficient (Wildman–Crippen LogP) is 4.05. The molecule has 3 aromatic heterocycles. The number of benzene rings is 2. The average molecular weight is 472 g/mol. The first-order valence-corrected chi connectivity index (χ1v) is 10.8. The quantitative estimate of drug-likeness (QED) is 0.357. The van der Waals surface area contributed by atoms with Gasteiger partial charge in [0.2, 0.25) is 18.5 Å². The Kier molecular flexibility index (Phi) is 4.94. The highest BCUT2D eigenvalue weighted by atomic mass is 16.7. The van der Waals surface area contributed by atoms with Crippen molar-refractivity contribution in [1.29, 1.82) is 0 Å². The van der Waals surface area contributed by atoms with Crippen LogP contribution >= 0.6 is 0 Å². The molecule has 0 atom stereocenters. The Balaban J connectivity index is 1.26. The number of aryl methyl sites for hydroxylation is 1. The lowest BCUT2D eigenvalue weighted by molar-refractivity contribution is 0.174. The number of methoxy groups -OCH3 is 1. The van der Waals surface area contributed by atoms with Crippen LogP contribution in [0.3, 0.4) is 0 Å². The van der Waals surface area contributed by atoms with Gasteiger partial charge in [-0.05, 0) is 44.2 Å². The van der Waals surface area contributed by atoms with E-state index < -0.39 is 0 Å². The zero-order valence-electron chi connectivity index (χ0n) is 19.2. The predicted molar refractivity (Wildman–Crippen MR) is 122 cm³/mol. The molecule has 35 heavy (non-hydrogen) atoms. The lowest BCUT2D eigenvalue weighted by atomic mass is 10.2. The summed E-state index contributed by atoms with van der Waals surface area (Å²) in [5.74, 6) is 3.88. The van der Waals surface area contributed by atoms with Crippen molar-refractivity contribution >= 4 is 0 Å². The van der Waals surface area contributed by atoms with Crippen LogP contribution in [-0.2, 0) is 6.54 Å². The van der Waals surface area contributed by atoms with Gasteiger partial charge in [-0.3, -0.25) is 0 Å².